The molecular weight excluding hydrogens is 349 g/mol. The summed E-state index contributed by atoms with van der Waals surface area (Å²) in [6, 6.07) is 13.5. The molecule has 0 unspecified atom stereocenters. The number of hydrogen-bond acceptors (Lipinski definition) is 3. The van der Waals surface area contributed by atoms with Crippen molar-refractivity contribution in [3.05, 3.63) is 63.8 Å². The van der Waals surface area contributed by atoms with Crippen LogP contribution in [0.2, 0.25) is 10.0 Å². The van der Waals surface area contributed by atoms with Crippen LogP contribution in [0, 0.1) is 0 Å². The van der Waals surface area contributed by atoms with Gasteiger partial charge in [-0.25, -0.2) is 4.98 Å². The standard InChI is InChI=1S/C18H13Cl2NOS/c1-23-13-7-3-11(4-8-13)2-5-12-6-9-14-15(19)10-16(20)18(22)17(14)21-12/h2-10,22H,1H3/b5-2+. The predicted molar refractivity (Wildman–Crippen MR) is 101 cm³/mol. The molecule has 116 valence electrons. The van der Waals surface area contributed by atoms with Crippen molar-refractivity contribution in [2.75, 3.05) is 6.26 Å². The molecule has 2 nitrogen and oxygen atoms in total. The van der Waals surface area contributed by atoms with Crippen LogP contribution in [0.1, 0.15) is 11.3 Å². The molecule has 0 atom stereocenters. The predicted octanol–water partition coefficient (Wildman–Crippen LogP) is 6.14. The van der Waals surface area contributed by atoms with Crippen LogP contribution < -0.4 is 0 Å². The lowest BCUT2D eigenvalue weighted by Crippen LogP contribution is -1.86. The zero-order chi connectivity index (χ0) is 16.4. The van der Waals surface area contributed by atoms with Crippen LogP contribution in [-0.4, -0.2) is 16.3 Å². The van der Waals surface area contributed by atoms with Gasteiger partial charge in [0.1, 0.15) is 5.52 Å². The van der Waals surface area contributed by atoms with E-state index in [1.54, 1.807) is 11.8 Å². The number of aromatic nitrogens is 1. The topological polar surface area (TPSA) is 33.1 Å². The van der Waals surface area contributed by atoms with Gasteiger partial charge in [-0.15, -0.1) is 11.8 Å². The normalized spacial score (nSPS) is 11.4. The van der Waals surface area contributed by atoms with E-state index >= 15 is 0 Å². The van der Waals surface area contributed by atoms with Crippen molar-refractivity contribution < 1.29 is 5.11 Å². The molecule has 5 heteroatoms. The lowest BCUT2D eigenvalue weighted by atomic mass is 10.1. The first-order chi connectivity index (χ1) is 11.1. The maximum Gasteiger partial charge on any atom is 0.160 e. The molecule has 0 fully saturated rings. The van der Waals surface area contributed by atoms with E-state index in [4.69, 9.17) is 23.2 Å². The molecule has 0 saturated carbocycles. The zero-order valence-electron chi connectivity index (χ0n) is 12.3. The number of aromatic hydroxyl groups is 1. The molecule has 2 aromatic carbocycles. The van der Waals surface area contributed by atoms with E-state index in [9.17, 15) is 5.11 Å². The maximum absolute atomic E-state index is 10.1. The van der Waals surface area contributed by atoms with Gasteiger partial charge < -0.3 is 5.11 Å². The SMILES string of the molecule is CSc1ccc(/C=C/c2ccc3c(Cl)cc(Cl)c(O)c3n2)cc1. The van der Waals surface area contributed by atoms with Gasteiger partial charge in [0.15, 0.2) is 5.75 Å². The zero-order valence-corrected chi connectivity index (χ0v) is 14.6. The molecule has 3 rings (SSSR count). The lowest BCUT2D eigenvalue weighted by Gasteiger charge is -2.05. The Labute approximate surface area is 148 Å². The summed E-state index contributed by atoms with van der Waals surface area (Å²) in [5.74, 6) is -0.0503. The molecule has 0 aliphatic carbocycles. The molecule has 0 amide bonds. The number of benzene rings is 2. The highest BCUT2D eigenvalue weighted by Gasteiger charge is 2.10. The average Bonchev–Trinajstić information content (AvgIpc) is 2.58. The summed E-state index contributed by atoms with van der Waals surface area (Å²) >= 11 is 13.8. The van der Waals surface area contributed by atoms with Crippen molar-refractivity contribution in [1.82, 2.24) is 4.98 Å². The monoisotopic (exact) mass is 361 g/mol. The Morgan fingerprint density at radius 3 is 2.43 bits per heavy atom. The molecule has 0 saturated heterocycles. The quantitative estimate of drug-likeness (QED) is 0.568. The number of fused-ring (bicyclic) bond motifs is 1. The van der Waals surface area contributed by atoms with E-state index in [1.807, 2.05) is 30.5 Å². The number of pyridine rings is 1. The van der Waals surface area contributed by atoms with E-state index in [0.29, 0.717) is 15.9 Å². The molecule has 0 aliphatic heterocycles. The van der Waals surface area contributed by atoms with Crippen LogP contribution in [-0.2, 0) is 0 Å². The van der Waals surface area contributed by atoms with Crippen LogP contribution in [0.3, 0.4) is 0 Å². The Morgan fingerprint density at radius 2 is 1.74 bits per heavy atom. The molecule has 1 aromatic heterocycles. The van der Waals surface area contributed by atoms with Crippen molar-refractivity contribution in [1.29, 1.82) is 0 Å². The van der Waals surface area contributed by atoms with E-state index in [-0.39, 0.29) is 10.8 Å². The highest BCUT2D eigenvalue weighted by molar-refractivity contribution is 7.98. The Hall–Kier alpha value is -1.68. The van der Waals surface area contributed by atoms with Crippen molar-refractivity contribution >= 4 is 58.0 Å². The van der Waals surface area contributed by atoms with Crippen LogP contribution in [0.15, 0.2) is 47.4 Å². The third-order valence-corrected chi connectivity index (χ3v) is 4.78. The van der Waals surface area contributed by atoms with Crippen LogP contribution in [0.25, 0.3) is 23.1 Å². The number of hydrogen-bond donors (Lipinski definition) is 1. The van der Waals surface area contributed by atoms with Crippen molar-refractivity contribution in [3.63, 3.8) is 0 Å². The summed E-state index contributed by atoms with van der Waals surface area (Å²) in [7, 11) is 0. The second-order valence-corrected chi connectivity index (χ2v) is 6.62. The minimum Gasteiger partial charge on any atom is -0.504 e. The molecule has 0 spiro atoms. The third kappa shape index (κ3) is 3.47. The number of rotatable bonds is 3. The Morgan fingerprint density at radius 1 is 1.00 bits per heavy atom. The average molecular weight is 362 g/mol. The van der Waals surface area contributed by atoms with Gasteiger partial charge in [-0.1, -0.05) is 41.4 Å². The Kier molecular flexibility index (Phi) is 4.81. The first-order valence-electron chi connectivity index (χ1n) is 6.88. The summed E-state index contributed by atoms with van der Waals surface area (Å²) in [6.45, 7) is 0. The fraction of sp³-hybridized carbons (Fsp3) is 0.0556. The Balaban J connectivity index is 1.96. The van der Waals surface area contributed by atoms with Crippen molar-refractivity contribution in [3.8, 4) is 5.75 Å². The maximum atomic E-state index is 10.1. The highest BCUT2D eigenvalue weighted by Crippen LogP contribution is 2.36. The van der Waals surface area contributed by atoms with Crippen molar-refractivity contribution in [2.24, 2.45) is 0 Å². The fourth-order valence-electron chi connectivity index (χ4n) is 2.21. The van der Waals surface area contributed by atoms with Gasteiger partial charge in [0.05, 0.1) is 15.7 Å². The molecule has 0 radical (unpaired) electrons. The molecule has 1 N–H and O–H groups in total. The molecule has 1 heterocycles. The van der Waals surface area contributed by atoms with E-state index in [1.165, 1.54) is 11.0 Å². The van der Waals surface area contributed by atoms with Gasteiger partial charge in [-0.05, 0) is 48.2 Å². The third-order valence-electron chi connectivity index (χ3n) is 3.44. The minimum absolute atomic E-state index is 0.0503. The summed E-state index contributed by atoms with van der Waals surface area (Å²) < 4.78 is 0. The summed E-state index contributed by atoms with van der Waals surface area (Å²) in [6.07, 6.45) is 5.91. The van der Waals surface area contributed by atoms with Crippen LogP contribution >= 0.6 is 35.0 Å². The van der Waals surface area contributed by atoms with Gasteiger partial charge in [0, 0.05) is 10.3 Å². The van der Waals surface area contributed by atoms with Crippen LogP contribution in [0.5, 0.6) is 5.75 Å². The van der Waals surface area contributed by atoms with Gasteiger partial charge in [-0.2, -0.15) is 0 Å². The number of phenols is 1. The van der Waals surface area contributed by atoms with E-state index in [0.717, 1.165) is 11.3 Å². The number of phenolic OH excluding ortho intramolecular Hbond substituents is 1. The first kappa shape index (κ1) is 16.2. The van der Waals surface area contributed by atoms with Crippen molar-refractivity contribution in [2.45, 2.75) is 4.90 Å². The summed E-state index contributed by atoms with van der Waals surface area (Å²) in [4.78, 5) is 5.66. The second kappa shape index (κ2) is 6.83. The van der Waals surface area contributed by atoms with E-state index in [2.05, 4.69) is 29.2 Å². The number of thioether (sulfide) groups is 1. The van der Waals surface area contributed by atoms with Crippen LogP contribution in [0.4, 0.5) is 0 Å². The molecule has 3 aromatic rings. The van der Waals surface area contributed by atoms with Gasteiger partial charge in [-0.3, -0.25) is 0 Å². The smallest absolute Gasteiger partial charge is 0.160 e. The Bertz CT molecular complexity index is 892. The second-order valence-electron chi connectivity index (χ2n) is 4.93. The summed E-state index contributed by atoms with van der Waals surface area (Å²) in [5.41, 5.74) is 2.21. The largest absolute Gasteiger partial charge is 0.504 e. The lowest BCUT2D eigenvalue weighted by molar-refractivity contribution is 0.480. The minimum atomic E-state index is -0.0503. The van der Waals surface area contributed by atoms with Gasteiger partial charge >= 0.3 is 0 Å². The fourth-order valence-corrected chi connectivity index (χ4v) is 3.13. The number of halogens is 2. The summed E-state index contributed by atoms with van der Waals surface area (Å²) in [5, 5.41) is 11.4. The van der Waals surface area contributed by atoms with Gasteiger partial charge in [0.2, 0.25) is 0 Å². The van der Waals surface area contributed by atoms with Gasteiger partial charge in [0.25, 0.3) is 0 Å². The molecule has 0 bridgehead atoms. The molecule has 23 heavy (non-hydrogen) atoms. The molecule has 0 aliphatic rings. The first-order valence-corrected chi connectivity index (χ1v) is 8.86. The molecular formula is C18H13Cl2NOS. The highest BCUT2D eigenvalue weighted by atomic mass is 35.5. The van der Waals surface area contributed by atoms with E-state index < -0.39 is 0 Å². The number of nitrogens with zero attached hydrogens (tertiary/aromatic N) is 1.